The summed E-state index contributed by atoms with van der Waals surface area (Å²) in [5.74, 6) is 1.32. The molecule has 0 fully saturated rings. The minimum absolute atomic E-state index is 0. The summed E-state index contributed by atoms with van der Waals surface area (Å²) in [6, 6.07) is 9.90. The van der Waals surface area contributed by atoms with Crippen LogP contribution in [0.25, 0.3) is 10.3 Å². The maximum atomic E-state index is 11.6. The number of nitrogens with one attached hydrogen (secondary N) is 2. The van der Waals surface area contributed by atoms with Crippen LogP contribution in [0, 0.1) is 0 Å². The van der Waals surface area contributed by atoms with Crippen molar-refractivity contribution in [2.24, 2.45) is 0 Å². The van der Waals surface area contributed by atoms with Gasteiger partial charge >= 0.3 is 34.4 Å². The zero-order valence-corrected chi connectivity index (χ0v) is 17.1. The number of rotatable bonds is 6. The standard InChI is InChI=1S/C15H16N4O2S2.Na.H/c1-9(7-20)16-12-11-13(19-15(21)23-11)18-14(17-12)22-8-10-5-3-2-4-6-10;;/h2-6,9,20H,7-8H2,1H3,(H2,16,17,18,19,21);;/q;+1;-1/t9-;;/m1../s1. The first-order chi connectivity index (χ1) is 11.2. The summed E-state index contributed by atoms with van der Waals surface area (Å²) in [6.07, 6.45) is 0. The van der Waals surface area contributed by atoms with E-state index in [1.165, 1.54) is 17.3 Å². The number of aromatic amines is 1. The summed E-state index contributed by atoms with van der Waals surface area (Å²) in [5, 5.41) is 12.9. The van der Waals surface area contributed by atoms with Crippen LogP contribution in [0.4, 0.5) is 5.82 Å². The molecule has 0 unspecified atom stereocenters. The van der Waals surface area contributed by atoms with Crippen molar-refractivity contribution in [3.63, 3.8) is 0 Å². The Morgan fingerprint density at radius 1 is 1.38 bits per heavy atom. The van der Waals surface area contributed by atoms with Gasteiger partial charge in [-0.25, -0.2) is 9.97 Å². The summed E-state index contributed by atoms with van der Waals surface area (Å²) in [6.45, 7) is 1.83. The Labute approximate surface area is 170 Å². The zero-order valence-electron chi connectivity index (χ0n) is 14.4. The number of nitrogens with zero attached hydrogens (tertiary/aromatic N) is 2. The van der Waals surface area contributed by atoms with Gasteiger partial charge in [0.15, 0.2) is 16.6 Å². The number of H-pyrrole nitrogens is 1. The van der Waals surface area contributed by atoms with Crippen molar-refractivity contribution < 1.29 is 36.1 Å². The van der Waals surface area contributed by atoms with E-state index < -0.39 is 0 Å². The molecule has 0 amide bonds. The summed E-state index contributed by atoms with van der Waals surface area (Å²) in [4.78, 5) is 23.1. The molecule has 0 saturated heterocycles. The van der Waals surface area contributed by atoms with Gasteiger partial charge in [-0.3, -0.25) is 9.78 Å². The van der Waals surface area contributed by atoms with Crippen molar-refractivity contribution in [1.29, 1.82) is 0 Å². The third-order valence-electron chi connectivity index (χ3n) is 3.13. The van der Waals surface area contributed by atoms with Crippen LogP contribution < -0.4 is 39.7 Å². The van der Waals surface area contributed by atoms with Crippen LogP contribution in [0.15, 0.2) is 40.3 Å². The Balaban J connectivity index is 0.00000156. The minimum Gasteiger partial charge on any atom is -1.00 e. The number of aromatic nitrogens is 3. The third kappa shape index (κ3) is 4.81. The van der Waals surface area contributed by atoms with Gasteiger partial charge in [0.25, 0.3) is 0 Å². The Kier molecular flexibility index (Phi) is 7.27. The monoisotopic (exact) mass is 372 g/mol. The number of benzene rings is 1. The minimum atomic E-state index is -0.167. The second kappa shape index (κ2) is 8.98. The number of aliphatic hydroxyl groups is 1. The van der Waals surface area contributed by atoms with Crippen LogP contribution in [-0.2, 0) is 5.75 Å². The van der Waals surface area contributed by atoms with Crippen molar-refractivity contribution in [2.75, 3.05) is 11.9 Å². The third-order valence-corrected chi connectivity index (χ3v) is 4.92. The zero-order chi connectivity index (χ0) is 16.2. The fourth-order valence-electron chi connectivity index (χ4n) is 1.99. The van der Waals surface area contributed by atoms with E-state index in [1.807, 2.05) is 37.3 Å². The second-order valence-electron chi connectivity index (χ2n) is 5.05. The summed E-state index contributed by atoms with van der Waals surface area (Å²) in [5.41, 5.74) is 1.71. The molecule has 0 aliphatic rings. The van der Waals surface area contributed by atoms with E-state index in [-0.39, 0.29) is 48.5 Å². The number of hydrogen-bond acceptors (Lipinski definition) is 7. The van der Waals surface area contributed by atoms with Crippen LogP contribution >= 0.6 is 23.1 Å². The molecule has 3 aromatic rings. The fourth-order valence-corrected chi connectivity index (χ4v) is 3.52. The quantitative estimate of drug-likeness (QED) is 0.309. The molecule has 2 aromatic heterocycles. The van der Waals surface area contributed by atoms with Crippen LogP contribution in [0.5, 0.6) is 0 Å². The van der Waals surface area contributed by atoms with E-state index in [0.29, 0.717) is 21.3 Å². The Morgan fingerprint density at radius 2 is 2.12 bits per heavy atom. The normalized spacial score (nSPS) is 11.9. The molecule has 0 bridgehead atoms. The van der Waals surface area contributed by atoms with Crippen molar-refractivity contribution in [2.45, 2.75) is 23.9 Å². The molecule has 3 rings (SSSR count). The molecule has 0 saturated carbocycles. The summed E-state index contributed by atoms with van der Waals surface area (Å²) >= 11 is 2.57. The van der Waals surface area contributed by atoms with Crippen LogP contribution in [-0.4, -0.2) is 32.7 Å². The molecule has 0 aliphatic heterocycles. The molecule has 9 heteroatoms. The van der Waals surface area contributed by atoms with Crippen LogP contribution in [0.2, 0.25) is 0 Å². The number of hydrogen-bond donors (Lipinski definition) is 3. The van der Waals surface area contributed by atoms with Gasteiger partial charge in [0, 0.05) is 11.8 Å². The largest absolute Gasteiger partial charge is 1.00 e. The summed E-state index contributed by atoms with van der Waals surface area (Å²) in [7, 11) is 0. The SMILES string of the molecule is C[C@H](CO)Nc1nc(SCc2ccccc2)nc2[nH]c(=O)sc12.[H-].[Na+]. The molecule has 3 N–H and O–H groups in total. The summed E-state index contributed by atoms with van der Waals surface area (Å²) < 4.78 is 0.680. The molecule has 1 aromatic carbocycles. The molecular formula is C15H17N4NaO2S2. The van der Waals surface area contributed by atoms with Crippen molar-refractivity contribution in [3.05, 3.63) is 45.6 Å². The predicted molar refractivity (Wildman–Crippen MR) is 95.3 cm³/mol. The van der Waals surface area contributed by atoms with E-state index in [4.69, 9.17) is 0 Å². The molecule has 1 atom stereocenters. The molecular weight excluding hydrogens is 355 g/mol. The van der Waals surface area contributed by atoms with Gasteiger partial charge in [-0.15, -0.1) is 0 Å². The van der Waals surface area contributed by atoms with Crippen LogP contribution in [0.3, 0.4) is 0 Å². The van der Waals surface area contributed by atoms with E-state index in [2.05, 4.69) is 20.3 Å². The Hall–Kier alpha value is -0.900. The average molecular weight is 372 g/mol. The van der Waals surface area contributed by atoms with Gasteiger partial charge < -0.3 is 11.8 Å². The van der Waals surface area contributed by atoms with Gasteiger partial charge in [-0.2, -0.15) is 0 Å². The first-order valence-electron chi connectivity index (χ1n) is 7.10. The predicted octanol–water partition coefficient (Wildman–Crippen LogP) is -0.419. The second-order valence-corrected chi connectivity index (χ2v) is 6.97. The van der Waals surface area contributed by atoms with Gasteiger partial charge in [0.05, 0.1) is 6.61 Å². The molecule has 0 radical (unpaired) electrons. The first kappa shape index (κ1) is 19.4. The van der Waals surface area contributed by atoms with Crippen molar-refractivity contribution in [1.82, 2.24) is 15.0 Å². The molecule has 0 aliphatic carbocycles. The van der Waals surface area contributed by atoms with Gasteiger partial charge in [0.1, 0.15) is 4.70 Å². The Bertz CT molecular complexity index is 860. The number of aliphatic hydroxyl groups excluding tert-OH is 1. The van der Waals surface area contributed by atoms with Crippen molar-refractivity contribution in [3.8, 4) is 0 Å². The van der Waals surface area contributed by atoms with Crippen molar-refractivity contribution >= 4 is 39.3 Å². The smallest absolute Gasteiger partial charge is 1.00 e. The first-order valence-corrected chi connectivity index (χ1v) is 8.91. The van der Waals surface area contributed by atoms with E-state index in [1.54, 1.807) is 0 Å². The molecule has 2 heterocycles. The number of fused-ring (bicyclic) bond motifs is 1. The molecule has 0 spiro atoms. The maximum Gasteiger partial charge on any atom is 1.00 e. The van der Waals surface area contributed by atoms with E-state index in [0.717, 1.165) is 17.1 Å². The molecule has 24 heavy (non-hydrogen) atoms. The molecule has 122 valence electrons. The number of thioether (sulfide) groups is 1. The Morgan fingerprint density at radius 3 is 2.83 bits per heavy atom. The molecule has 6 nitrogen and oxygen atoms in total. The van der Waals surface area contributed by atoms with Gasteiger partial charge in [-0.1, -0.05) is 53.4 Å². The van der Waals surface area contributed by atoms with E-state index in [9.17, 15) is 9.90 Å². The fraction of sp³-hybridized carbons (Fsp3) is 0.267. The average Bonchev–Trinajstić information content (AvgIpc) is 2.94. The topological polar surface area (TPSA) is 90.9 Å². The number of thiazole rings is 1. The van der Waals surface area contributed by atoms with Gasteiger partial charge in [0.2, 0.25) is 0 Å². The number of anilines is 1. The van der Waals surface area contributed by atoms with Crippen LogP contribution in [0.1, 0.15) is 13.9 Å². The van der Waals surface area contributed by atoms with E-state index >= 15 is 0 Å². The maximum absolute atomic E-state index is 11.6. The van der Waals surface area contributed by atoms with Gasteiger partial charge in [-0.05, 0) is 12.5 Å².